The molecule has 4 nitrogen and oxygen atoms in total. The van der Waals surface area contributed by atoms with Crippen molar-refractivity contribution in [2.45, 2.75) is 33.2 Å². The third kappa shape index (κ3) is 7.71. The van der Waals surface area contributed by atoms with Crippen LogP contribution in [0.4, 0.5) is 0 Å². The molecular formula is C13H30N2O2. The summed E-state index contributed by atoms with van der Waals surface area (Å²) in [5.74, 6) is 0. The second-order valence-corrected chi connectivity index (χ2v) is 5.39. The minimum Gasteiger partial charge on any atom is -0.385 e. The monoisotopic (exact) mass is 246 g/mol. The molecule has 0 aliphatic rings. The molecule has 1 unspecified atom stereocenters. The Hall–Kier alpha value is -0.160. The van der Waals surface area contributed by atoms with Gasteiger partial charge in [0.2, 0.25) is 0 Å². The quantitative estimate of drug-likeness (QED) is 0.591. The molecule has 2 N–H and O–H groups in total. The molecule has 0 rings (SSSR count). The molecule has 0 radical (unpaired) electrons. The molecule has 0 saturated carbocycles. The number of hydrogen-bond acceptors (Lipinski definition) is 4. The lowest BCUT2D eigenvalue weighted by Gasteiger charge is -2.35. The van der Waals surface area contributed by atoms with Gasteiger partial charge in [0.15, 0.2) is 0 Å². The Kier molecular flexibility index (Phi) is 8.78. The van der Waals surface area contributed by atoms with Crippen LogP contribution in [-0.4, -0.2) is 58.0 Å². The van der Waals surface area contributed by atoms with E-state index < -0.39 is 0 Å². The molecule has 0 aliphatic heterocycles. The zero-order valence-electron chi connectivity index (χ0n) is 12.2. The van der Waals surface area contributed by atoms with Crippen LogP contribution < -0.4 is 5.73 Å². The molecule has 1 atom stereocenters. The Labute approximate surface area is 106 Å². The van der Waals surface area contributed by atoms with Gasteiger partial charge < -0.3 is 20.1 Å². The van der Waals surface area contributed by atoms with E-state index in [4.69, 9.17) is 15.2 Å². The van der Waals surface area contributed by atoms with Crippen LogP contribution in [0, 0.1) is 5.41 Å². The van der Waals surface area contributed by atoms with Crippen LogP contribution in [0.3, 0.4) is 0 Å². The zero-order valence-corrected chi connectivity index (χ0v) is 12.2. The van der Waals surface area contributed by atoms with Gasteiger partial charge in [-0.15, -0.1) is 0 Å². The standard InChI is InChI=1S/C13H30N2O2/c1-12(14)13(2,3)11-15(8-10-17-5)7-6-9-16-4/h12H,6-11,14H2,1-5H3. The molecule has 0 aromatic rings. The van der Waals surface area contributed by atoms with E-state index >= 15 is 0 Å². The average molecular weight is 246 g/mol. The van der Waals surface area contributed by atoms with Crippen LogP contribution in [0.15, 0.2) is 0 Å². The van der Waals surface area contributed by atoms with Gasteiger partial charge in [-0.3, -0.25) is 0 Å². The fourth-order valence-electron chi connectivity index (χ4n) is 1.64. The van der Waals surface area contributed by atoms with E-state index in [1.807, 2.05) is 0 Å². The highest BCUT2D eigenvalue weighted by atomic mass is 16.5. The number of rotatable bonds is 10. The summed E-state index contributed by atoms with van der Waals surface area (Å²) < 4.78 is 10.2. The lowest BCUT2D eigenvalue weighted by atomic mass is 9.85. The fraction of sp³-hybridized carbons (Fsp3) is 1.00. The van der Waals surface area contributed by atoms with Gasteiger partial charge in [0, 0.05) is 46.5 Å². The van der Waals surface area contributed by atoms with E-state index in [1.54, 1.807) is 14.2 Å². The van der Waals surface area contributed by atoms with Crippen molar-refractivity contribution in [1.29, 1.82) is 0 Å². The lowest BCUT2D eigenvalue weighted by Crippen LogP contribution is -2.45. The van der Waals surface area contributed by atoms with Crippen molar-refractivity contribution in [2.75, 3.05) is 47.1 Å². The number of hydrogen-bond donors (Lipinski definition) is 1. The van der Waals surface area contributed by atoms with E-state index in [-0.39, 0.29) is 11.5 Å². The minimum atomic E-state index is 0.126. The Morgan fingerprint density at radius 3 is 2.18 bits per heavy atom. The van der Waals surface area contributed by atoms with Crippen LogP contribution in [-0.2, 0) is 9.47 Å². The Morgan fingerprint density at radius 2 is 1.71 bits per heavy atom. The Bertz CT molecular complexity index is 184. The summed E-state index contributed by atoms with van der Waals surface area (Å²) in [5, 5.41) is 0. The van der Waals surface area contributed by atoms with Crippen LogP contribution in [0.2, 0.25) is 0 Å². The van der Waals surface area contributed by atoms with Gasteiger partial charge in [0.25, 0.3) is 0 Å². The van der Waals surface area contributed by atoms with Crippen LogP contribution in [0.1, 0.15) is 27.2 Å². The zero-order chi connectivity index (χ0) is 13.3. The summed E-state index contributed by atoms with van der Waals surface area (Å²) in [6.07, 6.45) is 1.05. The summed E-state index contributed by atoms with van der Waals surface area (Å²) in [6.45, 7) is 11.1. The van der Waals surface area contributed by atoms with Gasteiger partial charge >= 0.3 is 0 Å². The molecule has 4 heteroatoms. The second-order valence-electron chi connectivity index (χ2n) is 5.39. The number of ether oxygens (including phenoxy) is 2. The largest absolute Gasteiger partial charge is 0.385 e. The van der Waals surface area contributed by atoms with E-state index in [0.717, 1.165) is 39.3 Å². The topological polar surface area (TPSA) is 47.7 Å². The van der Waals surface area contributed by atoms with Gasteiger partial charge in [0.05, 0.1) is 6.61 Å². The molecule has 0 aliphatic carbocycles. The van der Waals surface area contributed by atoms with Crippen molar-refractivity contribution in [3.63, 3.8) is 0 Å². The fourth-order valence-corrected chi connectivity index (χ4v) is 1.64. The minimum absolute atomic E-state index is 0.126. The number of methoxy groups -OCH3 is 2. The van der Waals surface area contributed by atoms with Crippen LogP contribution in [0.25, 0.3) is 0 Å². The van der Waals surface area contributed by atoms with Crippen LogP contribution in [0.5, 0.6) is 0 Å². The van der Waals surface area contributed by atoms with Gasteiger partial charge in [0.1, 0.15) is 0 Å². The average Bonchev–Trinajstić information content (AvgIpc) is 2.25. The highest BCUT2D eigenvalue weighted by Gasteiger charge is 2.25. The molecule has 0 saturated heterocycles. The molecule has 0 aromatic carbocycles. The van der Waals surface area contributed by atoms with Gasteiger partial charge in [-0.2, -0.15) is 0 Å². The normalized spacial score (nSPS) is 14.3. The summed E-state index contributed by atoms with van der Waals surface area (Å²) in [5.41, 5.74) is 6.15. The number of nitrogens with two attached hydrogens (primary N) is 1. The van der Waals surface area contributed by atoms with E-state index in [1.165, 1.54) is 0 Å². The SMILES string of the molecule is COCCCN(CCOC)CC(C)(C)C(C)N. The first-order valence-electron chi connectivity index (χ1n) is 6.40. The first-order valence-corrected chi connectivity index (χ1v) is 6.40. The summed E-state index contributed by atoms with van der Waals surface area (Å²) >= 11 is 0. The highest BCUT2D eigenvalue weighted by Crippen LogP contribution is 2.20. The molecule has 0 aromatic heterocycles. The lowest BCUT2D eigenvalue weighted by molar-refractivity contribution is 0.0988. The van der Waals surface area contributed by atoms with Crippen molar-refractivity contribution in [3.8, 4) is 0 Å². The summed E-state index contributed by atoms with van der Waals surface area (Å²) in [4.78, 5) is 2.41. The summed E-state index contributed by atoms with van der Waals surface area (Å²) in [7, 11) is 3.48. The predicted octanol–water partition coefficient (Wildman–Crippen LogP) is 1.34. The molecule has 0 bridgehead atoms. The molecule has 0 fully saturated rings. The molecule has 0 amide bonds. The third-order valence-corrected chi connectivity index (χ3v) is 3.30. The first kappa shape index (κ1) is 16.8. The third-order valence-electron chi connectivity index (χ3n) is 3.30. The van der Waals surface area contributed by atoms with Crippen molar-refractivity contribution >= 4 is 0 Å². The van der Waals surface area contributed by atoms with Crippen molar-refractivity contribution in [2.24, 2.45) is 11.1 Å². The Morgan fingerprint density at radius 1 is 1.12 bits per heavy atom. The van der Waals surface area contributed by atoms with Gasteiger partial charge in [-0.25, -0.2) is 0 Å². The van der Waals surface area contributed by atoms with Crippen molar-refractivity contribution in [3.05, 3.63) is 0 Å². The van der Waals surface area contributed by atoms with Crippen molar-refractivity contribution in [1.82, 2.24) is 4.90 Å². The molecule has 0 heterocycles. The highest BCUT2D eigenvalue weighted by molar-refractivity contribution is 4.81. The maximum absolute atomic E-state index is 6.02. The van der Waals surface area contributed by atoms with E-state index in [0.29, 0.717) is 0 Å². The maximum Gasteiger partial charge on any atom is 0.0589 e. The molecule has 0 spiro atoms. The molecule has 104 valence electrons. The smallest absolute Gasteiger partial charge is 0.0589 e. The molecular weight excluding hydrogens is 216 g/mol. The molecule has 17 heavy (non-hydrogen) atoms. The van der Waals surface area contributed by atoms with Crippen LogP contribution >= 0.6 is 0 Å². The Balaban J connectivity index is 4.16. The number of nitrogens with zero attached hydrogens (tertiary/aromatic N) is 1. The maximum atomic E-state index is 6.02. The van der Waals surface area contributed by atoms with E-state index in [9.17, 15) is 0 Å². The summed E-state index contributed by atoms with van der Waals surface area (Å²) in [6, 6.07) is 0.190. The second kappa shape index (κ2) is 8.86. The van der Waals surface area contributed by atoms with Crippen molar-refractivity contribution < 1.29 is 9.47 Å². The predicted molar refractivity (Wildman–Crippen MR) is 72.2 cm³/mol. The van der Waals surface area contributed by atoms with Gasteiger partial charge in [-0.1, -0.05) is 13.8 Å². The van der Waals surface area contributed by atoms with E-state index in [2.05, 4.69) is 25.7 Å². The first-order chi connectivity index (χ1) is 7.94. The van der Waals surface area contributed by atoms with Gasteiger partial charge in [-0.05, 0) is 18.8 Å².